The molecule has 3 heteroatoms. The monoisotopic (exact) mass is 205 g/mol. The van der Waals surface area contributed by atoms with E-state index in [0.29, 0.717) is 12.5 Å². The molecule has 1 aromatic heterocycles. The molecule has 0 radical (unpaired) electrons. The first-order valence-corrected chi connectivity index (χ1v) is 5.90. The van der Waals surface area contributed by atoms with E-state index in [-0.39, 0.29) is 0 Å². The topological polar surface area (TPSA) is 51.8 Å². The van der Waals surface area contributed by atoms with E-state index < -0.39 is 0 Å². The molecule has 1 heterocycles. The summed E-state index contributed by atoms with van der Waals surface area (Å²) in [6, 6.07) is 0. The summed E-state index contributed by atoms with van der Waals surface area (Å²) in [5.41, 5.74) is 8.12. The lowest BCUT2D eigenvalue weighted by atomic mass is 9.85. The Hall–Kier alpha value is -0.960. The Morgan fingerprint density at radius 1 is 1.27 bits per heavy atom. The molecule has 0 saturated heterocycles. The summed E-state index contributed by atoms with van der Waals surface area (Å²) in [7, 11) is 0. The molecule has 0 spiro atoms. The predicted molar refractivity (Wildman–Crippen MR) is 60.6 cm³/mol. The number of aromatic nitrogens is 2. The molecule has 15 heavy (non-hydrogen) atoms. The predicted octanol–water partition coefficient (Wildman–Crippen LogP) is 2.03. The van der Waals surface area contributed by atoms with Gasteiger partial charge in [0.2, 0.25) is 0 Å². The van der Waals surface area contributed by atoms with Gasteiger partial charge in [0.1, 0.15) is 6.33 Å². The van der Waals surface area contributed by atoms with Crippen LogP contribution in [0.5, 0.6) is 0 Å². The highest BCUT2D eigenvalue weighted by Gasteiger charge is 2.19. The van der Waals surface area contributed by atoms with Crippen molar-refractivity contribution in [3.63, 3.8) is 0 Å². The van der Waals surface area contributed by atoms with E-state index in [1.54, 1.807) is 6.33 Å². The minimum atomic E-state index is 0.656. The van der Waals surface area contributed by atoms with Crippen LogP contribution >= 0.6 is 0 Å². The van der Waals surface area contributed by atoms with E-state index in [4.69, 9.17) is 5.73 Å². The summed E-state index contributed by atoms with van der Waals surface area (Å²) in [5, 5.41) is 0. The van der Waals surface area contributed by atoms with Crippen molar-refractivity contribution in [2.75, 3.05) is 6.54 Å². The minimum Gasteiger partial charge on any atom is -0.330 e. The summed E-state index contributed by atoms with van der Waals surface area (Å²) < 4.78 is 0. The number of nitrogens with zero attached hydrogens (tertiary/aromatic N) is 2. The Labute approximate surface area is 91.1 Å². The Morgan fingerprint density at radius 2 is 2.07 bits per heavy atom. The molecule has 1 aliphatic rings. The molecule has 1 aromatic rings. The lowest BCUT2D eigenvalue weighted by Gasteiger charge is -2.22. The van der Waals surface area contributed by atoms with Crippen LogP contribution in [-0.2, 0) is 6.42 Å². The first kappa shape index (κ1) is 10.6. The number of rotatable bonds is 3. The number of hydrogen-bond donors (Lipinski definition) is 1. The molecule has 0 amide bonds. The quantitative estimate of drug-likeness (QED) is 0.821. The van der Waals surface area contributed by atoms with Crippen LogP contribution < -0.4 is 5.73 Å². The van der Waals surface area contributed by atoms with Crippen LogP contribution in [0.25, 0.3) is 0 Å². The van der Waals surface area contributed by atoms with Gasteiger partial charge >= 0.3 is 0 Å². The molecule has 1 saturated carbocycles. The van der Waals surface area contributed by atoms with Crippen LogP contribution in [0.1, 0.15) is 49.3 Å². The van der Waals surface area contributed by atoms with E-state index in [0.717, 1.165) is 6.42 Å². The van der Waals surface area contributed by atoms with Gasteiger partial charge in [0.05, 0.1) is 5.69 Å². The SMILES string of the molecule is NCCc1cncnc1C1CCCCC1. The third-order valence-corrected chi connectivity index (χ3v) is 3.23. The van der Waals surface area contributed by atoms with E-state index in [9.17, 15) is 0 Å². The van der Waals surface area contributed by atoms with E-state index in [1.165, 1.54) is 43.4 Å². The largest absolute Gasteiger partial charge is 0.330 e. The second-order valence-electron chi connectivity index (χ2n) is 4.31. The third-order valence-electron chi connectivity index (χ3n) is 3.23. The van der Waals surface area contributed by atoms with Crippen LogP contribution in [-0.4, -0.2) is 16.5 Å². The molecule has 0 bridgehead atoms. The van der Waals surface area contributed by atoms with Gasteiger partial charge in [-0.2, -0.15) is 0 Å². The van der Waals surface area contributed by atoms with Crippen molar-refractivity contribution in [3.05, 3.63) is 23.8 Å². The summed E-state index contributed by atoms with van der Waals surface area (Å²) in [6.45, 7) is 0.688. The molecule has 2 rings (SSSR count). The van der Waals surface area contributed by atoms with Crippen molar-refractivity contribution in [2.45, 2.75) is 44.4 Å². The molecule has 2 N–H and O–H groups in total. The molecular weight excluding hydrogens is 186 g/mol. The highest BCUT2D eigenvalue weighted by Crippen LogP contribution is 2.32. The van der Waals surface area contributed by atoms with Crippen molar-refractivity contribution < 1.29 is 0 Å². The average molecular weight is 205 g/mol. The van der Waals surface area contributed by atoms with Crippen molar-refractivity contribution in [1.29, 1.82) is 0 Å². The maximum Gasteiger partial charge on any atom is 0.115 e. The number of hydrogen-bond acceptors (Lipinski definition) is 3. The fraction of sp³-hybridized carbons (Fsp3) is 0.667. The highest BCUT2D eigenvalue weighted by atomic mass is 14.8. The lowest BCUT2D eigenvalue weighted by Crippen LogP contribution is -2.12. The zero-order valence-corrected chi connectivity index (χ0v) is 9.15. The Bertz CT molecular complexity index is 305. The second kappa shape index (κ2) is 5.21. The van der Waals surface area contributed by atoms with Crippen LogP contribution in [0.4, 0.5) is 0 Å². The zero-order chi connectivity index (χ0) is 10.5. The zero-order valence-electron chi connectivity index (χ0n) is 9.15. The Morgan fingerprint density at radius 3 is 2.80 bits per heavy atom. The van der Waals surface area contributed by atoms with Crippen LogP contribution in [0.3, 0.4) is 0 Å². The molecule has 3 nitrogen and oxygen atoms in total. The minimum absolute atomic E-state index is 0.656. The van der Waals surface area contributed by atoms with E-state index >= 15 is 0 Å². The summed E-state index contributed by atoms with van der Waals surface area (Å²) in [5.74, 6) is 0.656. The standard InChI is InChI=1S/C12H19N3/c13-7-6-11-8-14-9-15-12(11)10-4-2-1-3-5-10/h8-10H,1-7,13H2. The van der Waals surface area contributed by atoms with Crippen LogP contribution in [0.15, 0.2) is 12.5 Å². The summed E-state index contributed by atoms with van der Waals surface area (Å²) in [6.07, 6.45) is 11.2. The second-order valence-corrected chi connectivity index (χ2v) is 4.31. The van der Waals surface area contributed by atoms with Gasteiger partial charge in [-0.1, -0.05) is 19.3 Å². The molecule has 1 aliphatic carbocycles. The van der Waals surface area contributed by atoms with Gasteiger partial charge in [-0.25, -0.2) is 9.97 Å². The third kappa shape index (κ3) is 2.53. The normalized spacial score (nSPS) is 17.9. The summed E-state index contributed by atoms with van der Waals surface area (Å²) >= 11 is 0. The van der Waals surface area contributed by atoms with Crippen molar-refractivity contribution in [3.8, 4) is 0 Å². The fourth-order valence-electron chi connectivity index (χ4n) is 2.46. The Balaban J connectivity index is 2.17. The first-order valence-electron chi connectivity index (χ1n) is 5.90. The smallest absolute Gasteiger partial charge is 0.115 e. The Kier molecular flexibility index (Phi) is 3.67. The van der Waals surface area contributed by atoms with Gasteiger partial charge in [-0.3, -0.25) is 0 Å². The summed E-state index contributed by atoms with van der Waals surface area (Å²) in [4.78, 5) is 8.55. The van der Waals surface area contributed by atoms with Crippen LogP contribution in [0.2, 0.25) is 0 Å². The molecule has 0 aromatic carbocycles. The molecule has 0 unspecified atom stereocenters. The van der Waals surface area contributed by atoms with E-state index in [1.807, 2.05) is 6.20 Å². The maximum atomic E-state index is 5.60. The van der Waals surface area contributed by atoms with Gasteiger partial charge in [0.25, 0.3) is 0 Å². The number of nitrogens with two attached hydrogens (primary N) is 1. The first-order chi connectivity index (χ1) is 7.42. The molecule has 0 aliphatic heterocycles. The van der Waals surface area contributed by atoms with Gasteiger partial charge in [-0.05, 0) is 31.4 Å². The maximum absolute atomic E-state index is 5.60. The molecule has 1 fully saturated rings. The highest BCUT2D eigenvalue weighted by molar-refractivity contribution is 5.21. The van der Waals surface area contributed by atoms with Gasteiger partial charge < -0.3 is 5.73 Å². The average Bonchev–Trinajstić information content (AvgIpc) is 2.31. The lowest BCUT2D eigenvalue weighted by molar-refractivity contribution is 0.433. The van der Waals surface area contributed by atoms with Gasteiger partial charge in [0, 0.05) is 12.1 Å². The molecule has 82 valence electrons. The van der Waals surface area contributed by atoms with Gasteiger partial charge in [0.15, 0.2) is 0 Å². The van der Waals surface area contributed by atoms with Gasteiger partial charge in [-0.15, -0.1) is 0 Å². The van der Waals surface area contributed by atoms with Crippen molar-refractivity contribution in [2.24, 2.45) is 5.73 Å². The van der Waals surface area contributed by atoms with Crippen molar-refractivity contribution >= 4 is 0 Å². The molecule has 0 atom stereocenters. The molecular formula is C12H19N3. The van der Waals surface area contributed by atoms with E-state index in [2.05, 4.69) is 9.97 Å². The van der Waals surface area contributed by atoms with Crippen LogP contribution in [0, 0.1) is 0 Å². The van der Waals surface area contributed by atoms with Crippen molar-refractivity contribution in [1.82, 2.24) is 9.97 Å². The fourth-order valence-corrected chi connectivity index (χ4v) is 2.46.